The van der Waals surface area contributed by atoms with Crippen LogP contribution in [0.2, 0.25) is 0 Å². The molecule has 21 heavy (non-hydrogen) atoms. The van der Waals surface area contributed by atoms with Crippen molar-refractivity contribution in [2.75, 3.05) is 0 Å². The van der Waals surface area contributed by atoms with Crippen LogP contribution in [0.1, 0.15) is 0 Å². The Morgan fingerprint density at radius 2 is 1.81 bits per heavy atom. The van der Waals surface area contributed by atoms with Crippen LogP contribution >= 0.6 is 23.1 Å². The summed E-state index contributed by atoms with van der Waals surface area (Å²) in [6.45, 7) is 0. The Kier molecular flexibility index (Phi) is 3.02. The topological polar surface area (TPSA) is 46.0 Å². The van der Waals surface area contributed by atoms with E-state index in [-0.39, 0.29) is 0 Å². The van der Waals surface area contributed by atoms with Crippen molar-refractivity contribution in [2.45, 2.75) is 9.92 Å². The van der Waals surface area contributed by atoms with E-state index in [1.807, 2.05) is 41.8 Å². The molecule has 0 spiro atoms. The molecule has 3 nitrogen and oxygen atoms in total. The summed E-state index contributed by atoms with van der Waals surface area (Å²) in [4.78, 5) is 9.75. The van der Waals surface area contributed by atoms with Gasteiger partial charge >= 0.3 is 0 Å². The second kappa shape index (κ2) is 5.02. The number of phenolic OH excluding ortho intramolecular Hbond substituents is 1. The smallest absolute Gasteiger partial charge is 0.123 e. The average molecular weight is 310 g/mol. The molecular weight excluding hydrogens is 300 g/mol. The monoisotopic (exact) mass is 310 g/mol. The third kappa shape index (κ3) is 2.14. The molecule has 0 aliphatic carbocycles. The van der Waals surface area contributed by atoms with Crippen molar-refractivity contribution < 1.29 is 5.11 Å². The molecule has 0 bridgehead atoms. The standard InChI is InChI=1S/C16H10N2OS2/c19-13-5-6-14(11-4-2-1-3-10(11)13)21-16-15-12(7-8-20-15)17-9-18-16/h1-9,19H. The number of thiophene rings is 1. The van der Waals surface area contributed by atoms with Crippen LogP contribution in [0.25, 0.3) is 21.0 Å². The molecule has 0 saturated carbocycles. The maximum atomic E-state index is 9.97. The van der Waals surface area contributed by atoms with Gasteiger partial charge in [0.05, 0.1) is 10.2 Å². The second-order valence-electron chi connectivity index (χ2n) is 4.54. The maximum absolute atomic E-state index is 9.97. The Labute approximate surface area is 129 Å². The minimum atomic E-state index is 0.305. The van der Waals surface area contributed by atoms with Crippen molar-refractivity contribution in [3.05, 3.63) is 54.2 Å². The molecule has 4 rings (SSSR count). The second-order valence-corrected chi connectivity index (χ2v) is 6.49. The number of hydrogen-bond donors (Lipinski definition) is 1. The van der Waals surface area contributed by atoms with Gasteiger partial charge in [0, 0.05) is 10.3 Å². The van der Waals surface area contributed by atoms with Crippen molar-refractivity contribution in [2.24, 2.45) is 0 Å². The first-order valence-electron chi connectivity index (χ1n) is 6.40. The first kappa shape index (κ1) is 12.6. The fourth-order valence-electron chi connectivity index (χ4n) is 2.29. The number of hydrogen-bond acceptors (Lipinski definition) is 5. The van der Waals surface area contributed by atoms with E-state index in [4.69, 9.17) is 0 Å². The van der Waals surface area contributed by atoms with Crippen molar-refractivity contribution >= 4 is 44.1 Å². The average Bonchev–Trinajstić information content (AvgIpc) is 3.00. The summed E-state index contributed by atoms with van der Waals surface area (Å²) >= 11 is 3.25. The fraction of sp³-hybridized carbons (Fsp3) is 0. The lowest BCUT2D eigenvalue weighted by Gasteiger charge is -2.07. The van der Waals surface area contributed by atoms with E-state index < -0.39 is 0 Å². The highest BCUT2D eigenvalue weighted by atomic mass is 32.2. The number of nitrogens with zero attached hydrogens (tertiary/aromatic N) is 2. The molecule has 0 unspecified atom stereocenters. The van der Waals surface area contributed by atoms with Crippen LogP contribution in [-0.4, -0.2) is 15.1 Å². The molecule has 1 N–H and O–H groups in total. The molecule has 0 saturated heterocycles. The molecule has 2 heterocycles. The van der Waals surface area contributed by atoms with Gasteiger partial charge in [-0.15, -0.1) is 11.3 Å². The van der Waals surface area contributed by atoms with E-state index in [0.717, 1.165) is 30.9 Å². The number of rotatable bonds is 2. The van der Waals surface area contributed by atoms with Crippen LogP contribution in [-0.2, 0) is 0 Å². The highest BCUT2D eigenvalue weighted by molar-refractivity contribution is 7.99. The summed E-state index contributed by atoms with van der Waals surface area (Å²) < 4.78 is 1.10. The number of fused-ring (bicyclic) bond motifs is 2. The van der Waals surface area contributed by atoms with Gasteiger partial charge in [-0.05, 0) is 29.0 Å². The van der Waals surface area contributed by atoms with E-state index in [1.54, 1.807) is 35.5 Å². The van der Waals surface area contributed by atoms with Crippen LogP contribution in [0.4, 0.5) is 0 Å². The van der Waals surface area contributed by atoms with Crippen LogP contribution in [0.5, 0.6) is 5.75 Å². The van der Waals surface area contributed by atoms with Gasteiger partial charge in [0.1, 0.15) is 17.1 Å². The van der Waals surface area contributed by atoms with E-state index in [9.17, 15) is 5.11 Å². The molecule has 0 amide bonds. The van der Waals surface area contributed by atoms with Crippen LogP contribution < -0.4 is 0 Å². The van der Waals surface area contributed by atoms with Gasteiger partial charge in [0.25, 0.3) is 0 Å². The van der Waals surface area contributed by atoms with E-state index in [1.165, 1.54) is 0 Å². The van der Waals surface area contributed by atoms with E-state index in [2.05, 4.69) is 9.97 Å². The minimum Gasteiger partial charge on any atom is -0.507 e. The predicted octanol–water partition coefficient (Wildman–Crippen LogP) is 4.70. The van der Waals surface area contributed by atoms with E-state index >= 15 is 0 Å². The molecular formula is C16H10N2OS2. The minimum absolute atomic E-state index is 0.305. The van der Waals surface area contributed by atoms with Crippen molar-refractivity contribution in [3.8, 4) is 5.75 Å². The molecule has 0 radical (unpaired) electrons. The van der Waals surface area contributed by atoms with Gasteiger partial charge in [0.2, 0.25) is 0 Å². The van der Waals surface area contributed by atoms with Crippen molar-refractivity contribution in [1.82, 2.24) is 9.97 Å². The summed E-state index contributed by atoms with van der Waals surface area (Å²) in [5.74, 6) is 0.305. The first-order valence-corrected chi connectivity index (χ1v) is 8.09. The van der Waals surface area contributed by atoms with Gasteiger partial charge in [-0.25, -0.2) is 9.97 Å². The molecule has 0 aliphatic heterocycles. The number of benzene rings is 2. The highest BCUT2D eigenvalue weighted by Gasteiger charge is 2.10. The molecule has 102 valence electrons. The van der Waals surface area contributed by atoms with Crippen LogP contribution in [0.15, 0.2) is 64.1 Å². The molecule has 4 aromatic rings. The predicted molar refractivity (Wildman–Crippen MR) is 87.2 cm³/mol. The van der Waals surface area contributed by atoms with Gasteiger partial charge in [-0.1, -0.05) is 36.0 Å². The lowest BCUT2D eigenvalue weighted by atomic mass is 10.1. The van der Waals surface area contributed by atoms with Crippen LogP contribution in [0.3, 0.4) is 0 Å². The van der Waals surface area contributed by atoms with Crippen LogP contribution in [0, 0.1) is 0 Å². The SMILES string of the molecule is Oc1ccc(Sc2ncnc3ccsc23)c2ccccc12. The first-order chi connectivity index (χ1) is 10.3. The Morgan fingerprint density at radius 1 is 0.952 bits per heavy atom. The molecule has 0 fully saturated rings. The summed E-state index contributed by atoms with van der Waals surface area (Å²) in [6, 6.07) is 13.5. The number of aromatic nitrogens is 2. The summed E-state index contributed by atoms with van der Waals surface area (Å²) in [7, 11) is 0. The molecule has 0 atom stereocenters. The summed E-state index contributed by atoms with van der Waals surface area (Å²) in [6.07, 6.45) is 1.60. The maximum Gasteiger partial charge on any atom is 0.123 e. The third-order valence-corrected chi connectivity index (χ3v) is 5.40. The Balaban J connectivity index is 1.88. The zero-order valence-electron chi connectivity index (χ0n) is 10.9. The third-order valence-electron chi connectivity index (χ3n) is 3.28. The molecule has 2 aromatic carbocycles. The highest BCUT2D eigenvalue weighted by Crippen LogP contribution is 2.39. The summed E-state index contributed by atoms with van der Waals surface area (Å²) in [5.41, 5.74) is 0.973. The number of phenols is 1. The quantitative estimate of drug-likeness (QED) is 0.545. The Hall–Kier alpha value is -2.11. The van der Waals surface area contributed by atoms with Crippen molar-refractivity contribution in [3.63, 3.8) is 0 Å². The number of aromatic hydroxyl groups is 1. The molecule has 0 aliphatic rings. The largest absolute Gasteiger partial charge is 0.507 e. The van der Waals surface area contributed by atoms with E-state index in [0.29, 0.717) is 5.75 Å². The normalized spacial score (nSPS) is 11.2. The summed E-state index contributed by atoms with van der Waals surface area (Å²) in [5, 5.41) is 14.8. The van der Waals surface area contributed by atoms with Gasteiger partial charge in [0.15, 0.2) is 0 Å². The fourth-order valence-corrected chi connectivity index (χ4v) is 4.21. The van der Waals surface area contributed by atoms with Crippen molar-refractivity contribution in [1.29, 1.82) is 0 Å². The lowest BCUT2D eigenvalue weighted by Crippen LogP contribution is -1.84. The molecule has 2 aromatic heterocycles. The zero-order valence-corrected chi connectivity index (χ0v) is 12.5. The van der Waals surface area contributed by atoms with Gasteiger partial charge < -0.3 is 5.11 Å². The molecule has 5 heteroatoms. The Morgan fingerprint density at radius 3 is 2.71 bits per heavy atom. The van der Waals surface area contributed by atoms with Gasteiger partial charge in [-0.3, -0.25) is 0 Å². The lowest BCUT2D eigenvalue weighted by molar-refractivity contribution is 0.481. The zero-order chi connectivity index (χ0) is 14.2. The van der Waals surface area contributed by atoms with Gasteiger partial charge in [-0.2, -0.15) is 0 Å². The Bertz CT molecular complexity index is 949.